The van der Waals surface area contributed by atoms with Crippen molar-refractivity contribution in [2.45, 2.75) is 25.4 Å². The molecule has 0 bridgehead atoms. The fourth-order valence-electron chi connectivity index (χ4n) is 1.99. The average Bonchev–Trinajstić information content (AvgIpc) is 2.17. The van der Waals surface area contributed by atoms with E-state index in [0.29, 0.717) is 5.02 Å². The second kappa shape index (κ2) is 3.83. The highest BCUT2D eigenvalue weighted by atomic mass is 35.5. The number of aliphatic carboxylic acids is 1. The second-order valence-electron chi connectivity index (χ2n) is 3.89. The minimum absolute atomic E-state index is 0.180. The van der Waals surface area contributed by atoms with Crippen LogP contribution in [-0.4, -0.2) is 17.1 Å². The first-order valence-electron chi connectivity index (χ1n) is 4.85. The van der Waals surface area contributed by atoms with E-state index >= 15 is 0 Å². The van der Waals surface area contributed by atoms with Gasteiger partial charge in [0.25, 0.3) is 0 Å². The van der Waals surface area contributed by atoms with Gasteiger partial charge in [-0.3, -0.25) is 10.1 Å². The Hall–Kier alpha value is -1.06. The van der Waals surface area contributed by atoms with Gasteiger partial charge in [-0.25, -0.2) is 0 Å². The number of rotatable bonds is 1. The van der Waals surface area contributed by atoms with Crippen LogP contribution < -0.4 is 5.32 Å². The van der Waals surface area contributed by atoms with Crippen LogP contribution in [-0.2, 0) is 11.2 Å². The summed E-state index contributed by atoms with van der Waals surface area (Å²) in [7, 11) is 0. The summed E-state index contributed by atoms with van der Waals surface area (Å²) in [6.45, 7) is 1.98. The highest BCUT2D eigenvalue weighted by molar-refractivity contribution is 6.30. The van der Waals surface area contributed by atoms with Gasteiger partial charge >= 0.3 is 5.97 Å². The molecular formula is C11H12ClNO2. The number of hydrogen-bond acceptors (Lipinski definition) is 2. The summed E-state index contributed by atoms with van der Waals surface area (Å²) >= 11 is 5.86. The summed E-state index contributed by atoms with van der Waals surface area (Å²) in [5.74, 6) is -0.856. The van der Waals surface area contributed by atoms with E-state index < -0.39 is 12.0 Å². The lowest BCUT2D eigenvalue weighted by molar-refractivity contribution is -0.140. The lowest BCUT2D eigenvalue weighted by atomic mass is 9.91. The Morgan fingerprint density at radius 1 is 1.60 bits per heavy atom. The zero-order chi connectivity index (χ0) is 11.0. The van der Waals surface area contributed by atoms with Crippen molar-refractivity contribution in [3.05, 3.63) is 34.3 Å². The Labute approximate surface area is 93.1 Å². The molecule has 0 aliphatic carbocycles. The van der Waals surface area contributed by atoms with Gasteiger partial charge in [-0.15, -0.1) is 0 Å². The van der Waals surface area contributed by atoms with E-state index in [1.807, 2.05) is 13.0 Å². The van der Waals surface area contributed by atoms with Gasteiger partial charge in [-0.1, -0.05) is 17.7 Å². The van der Waals surface area contributed by atoms with E-state index in [1.54, 1.807) is 12.1 Å². The highest BCUT2D eigenvalue weighted by Crippen LogP contribution is 2.28. The molecule has 0 spiro atoms. The minimum atomic E-state index is -0.856. The normalized spacial score (nSPS) is 24.7. The zero-order valence-corrected chi connectivity index (χ0v) is 9.08. The predicted octanol–water partition coefficient (Wildman–Crippen LogP) is 2.00. The molecule has 0 aromatic heterocycles. The van der Waals surface area contributed by atoms with Gasteiger partial charge in [0, 0.05) is 11.1 Å². The molecule has 80 valence electrons. The maximum absolute atomic E-state index is 11.1. The molecule has 2 unspecified atom stereocenters. The molecule has 2 N–H and O–H groups in total. The zero-order valence-electron chi connectivity index (χ0n) is 8.33. The van der Waals surface area contributed by atoms with Crippen LogP contribution in [0.4, 0.5) is 0 Å². The number of hydrogen-bond donors (Lipinski definition) is 2. The molecule has 0 saturated carbocycles. The Kier molecular flexibility index (Phi) is 2.67. The average molecular weight is 226 g/mol. The van der Waals surface area contributed by atoms with Crippen LogP contribution in [0.1, 0.15) is 24.1 Å². The maximum Gasteiger partial charge on any atom is 0.325 e. The number of carboxylic acid groups (broad SMARTS) is 1. The van der Waals surface area contributed by atoms with Gasteiger partial charge in [-0.05, 0) is 36.6 Å². The molecule has 0 amide bonds. The Bertz CT molecular complexity index is 406. The van der Waals surface area contributed by atoms with E-state index in [2.05, 4.69) is 5.32 Å². The summed E-state index contributed by atoms with van der Waals surface area (Å²) in [6, 6.07) is 4.99. The lowest BCUT2D eigenvalue weighted by Crippen LogP contribution is -2.41. The van der Waals surface area contributed by atoms with Gasteiger partial charge in [-0.2, -0.15) is 0 Å². The van der Waals surface area contributed by atoms with E-state index in [0.717, 1.165) is 17.5 Å². The van der Waals surface area contributed by atoms with Gasteiger partial charge in [0.1, 0.15) is 6.04 Å². The molecule has 1 aromatic carbocycles. The SMILES string of the molecule is CC1Cc2ccc(Cl)cc2C(C(=O)O)N1. The third kappa shape index (κ3) is 1.98. The number of nitrogens with one attached hydrogen (secondary N) is 1. The van der Waals surface area contributed by atoms with Gasteiger partial charge in [0.05, 0.1) is 0 Å². The fourth-order valence-corrected chi connectivity index (χ4v) is 2.17. The van der Waals surface area contributed by atoms with Crippen LogP contribution in [0.3, 0.4) is 0 Å². The van der Waals surface area contributed by atoms with E-state index in [1.165, 1.54) is 0 Å². The highest BCUT2D eigenvalue weighted by Gasteiger charge is 2.28. The van der Waals surface area contributed by atoms with Crippen LogP contribution in [0, 0.1) is 0 Å². The Balaban J connectivity index is 2.47. The van der Waals surface area contributed by atoms with Crippen molar-refractivity contribution in [1.29, 1.82) is 0 Å². The van der Waals surface area contributed by atoms with Crippen LogP contribution in [0.5, 0.6) is 0 Å². The molecule has 15 heavy (non-hydrogen) atoms. The topological polar surface area (TPSA) is 49.3 Å². The molecule has 1 aliphatic rings. The first-order chi connectivity index (χ1) is 7.08. The van der Waals surface area contributed by atoms with Crippen molar-refractivity contribution in [3.8, 4) is 0 Å². The van der Waals surface area contributed by atoms with Crippen molar-refractivity contribution in [3.63, 3.8) is 0 Å². The van der Waals surface area contributed by atoms with Crippen molar-refractivity contribution in [2.24, 2.45) is 0 Å². The number of benzene rings is 1. The molecule has 0 radical (unpaired) electrons. The minimum Gasteiger partial charge on any atom is -0.480 e. The number of carboxylic acids is 1. The summed E-state index contributed by atoms with van der Waals surface area (Å²) in [5, 5.41) is 12.7. The lowest BCUT2D eigenvalue weighted by Gasteiger charge is -2.28. The van der Waals surface area contributed by atoms with Crippen LogP contribution in [0.15, 0.2) is 18.2 Å². The quantitative estimate of drug-likeness (QED) is 0.769. The number of halogens is 1. The number of fused-ring (bicyclic) bond motifs is 1. The van der Waals surface area contributed by atoms with Crippen LogP contribution >= 0.6 is 11.6 Å². The third-order valence-electron chi connectivity index (χ3n) is 2.64. The van der Waals surface area contributed by atoms with Crippen molar-refractivity contribution >= 4 is 17.6 Å². The second-order valence-corrected chi connectivity index (χ2v) is 4.32. The summed E-state index contributed by atoms with van der Waals surface area (Å²) in [6.07, 6.45) is 0.844. The molecular weight excluding hydrogens is 214 g/mol. The molecule has 0 fully saturated rings. The Morgan fingerprint density at radius 3 is 3.00 bits per heavy atom. The largest absolute Gasteiger partial charge is 0.480 e. The summed E-state index contributed by atoms with van der Waals surface area (Å²) in [5.41, 5.74) is 1.85. The van der Waals surface area contributed by atoms with Crippen LogP contribution in [0.2, 0.25) is 5.02 Å². The predicted molar refractivity (Wildman–Crippen MR) is 58.1 cm³/mol. The summed E-state index contributed by atoms with van der Waals surface area (Å²) < 4.78 is 0. The Morgan fingerprint density at radius 2 is 2.33 bits per heavy atom. The molecule has 2 rings (SSSR count). The summed E-state index contributed by atoms with van der Waals surface area (Å²) in [4.78, 5) is 11.1. The maximum atomic E-state index is 11.1. The van der Waals surface area contributed by atoms with Gasteiger partial charge in [0.15, 0.2) is 0 Å². The third-order valence-corrected chi connectivity index (χ3v) is 2.88. The molecule has 1 aliphatic heterocycles. The first kappa shape index (κ1) is 10.5. The van der Waals surface area contributed by atoms with Crippen LogP contribution in [0.25, 0.3) is 0 Å². The molecule has 0 saturated heterocycles. The molecule has 3 nitrogen and oxygen atoms in total. The van der Waals surface area contributed by atoms with Gasteiger partial charge < -0.3 is 5.11 Å². The molecule has 4 heteroatoms. The monoisotopic (exact) mass is 225 g/mol. The van der Waals surface area contributed by atoms with Crippen molar-refractivity contribution in [2.75, 3.05) is 0 Å². The standard InChI is InChI=1S/C11H12ClNO2/c1-6-4-7-2-3-8(12)5-9(7)10(13-6)11(14)15/h2-3,5-6,10,13H,4H2,1H3,(H,14,15). The van der Waals surface area contributed by atoms with Crippen molar-refractivity contribution in [1.82, 2.24) is 5.32 Å². The molecule has 1 aromatic rings. The van der Waals surface area contributed by atoms with E-state index in [-0.39, 0.29) is 6.04 Å². The van der Waals surface area contributed by atoms with E-state index in [4.69, 9.17) is 16.7 Å². The van der Waals surface area contributed by atoms with E-state index in [9.17, 15) is 4.79 Å². The first-order valence-corrected chi connectivity index (χ1v) is 5.23. The molecule has 1 heterocycles. The van der Waals surface area contributed by atoms with Gasteiger partial charge in [0.2, 0.25) is 0 Å². The molecule has 2 atom stereocenters. The fraction of sp³-hybridized carbons (Fsp3) is 0.364. The number of carbonyl (C=O) groups is 1. The smallest absolute Gasteiger partial charge is 0.325 e. The van der Waals surface area contributed by atoms with Crippen molar-refractivity contribution < 1.29 is 9.90 Å².